The molecule has 0 spiro atoms. The highest BCUT2D eigenvalue weighted by Gasteiger charge is 2.22. The van der Waals surface area contributed by atoms with Gasteiger partial charge in [-0.25, -0.2) is 0 Å². The topological polar surface area (TPSA) is 9.23 Å². The lowest BCUT2D eigenvalue weighted by molar-refractivity contribution is 0.352. The van der Waals surface area contributed by atoms with Gasteiger partial charge in [-0.05, 0) is 30.0 Å². The Hall–Kier alpha value is -0.0200. The van der Waals surface area contributed by atoms with Crippen LogP contribution >= 0.6 is 31.9 Å². The first-order valence-electron chi connectivity index (χ1n) is 6.21. The van der Waals surface area contributed by atoms with Gasteiger partial charge in [-0.1, -0.05) is 52.1 Å². The van der Waals surface area contributed by atoms with Crippen LogP contribution < -0.4 is 4.74 Å². The van der Waals surface area contributed by atoms with Crippen LogP contribution in [0.1, 0.15) is 42.6 Å². The van der Waals surface area contributed by atoms with Crippen molar-refractivity contribution in [3.63, 3.8) is 0 Å². The molecule has 94 valence electrons. The zero-order valence-electron chi connectivity index (χ0n) is 10.3. The normalized spacial score (nSPS) is 17.4. The predicted octanol–water partition coefficient (Wildman–Crippen LogP) is 5.26. The monoisotopic (exact) mass is 360 g/mol. The molecule has 0 saturated heterocycles. The third-order valence-electron chi connectivity index (χ3n) is 3.42. The fourth-order valence-corrected chi connectivity index (χ4v) is 3.68. The van der Waals surface area contributed by atoms with Crippen LogP contribution in [0, 0.1) is 5.92 Å². The summed E-state index contributed by atoms with van der Waals surface area (Å²) >= 11 is 7.41. The minimum Gasteiger partial charge on any atom is -0.493 e. The summed E-state index contributed by atoms with van der Waals surface area (Å²) in [7, 11) is 0. The van der Waals surface area contributed by atoms with Crippen molar-refractivity contribution in [2.75, 3.05) is 6.61 Å². The van der Waals surface area contributed by atoms with Crippen LogP contribution in [0.2, 0.25) is 0 Å². The molecule has 0 aliphatic carbocycles. The summed E-state index contributed by atoms with van der Waals surface area (Å²) < 4.78 is 6.93. The van der Waals surface area contributed by atoms with Crippen LogP contribution in [0.15, 0.2) is 16.6 Å². The van der Waals surface area contributed by atoms with Crippen molar-refractivity contribution >= 4 is 31.9 Å². The minimum absolute atomic E-state index is 0.391. The molecular weight excluding hydrogens is 344 g/mol. The molecule has 1 nitrogen and oxygen atoms in total. The number of hydrogen-bond donors (Lipinski definition) is 0. The zero-order chi connectivity index (χ0) is 12.4. The van der Waals surface area contributed by atoms with E-state index in [4.69, 9.17) is 4.74 Å². The van der Waals surface area contributed by atoms with Crippen molar-refractivity contribution in [1.29, 1.82) is 0 Å². The van der Waals surface area contributed by atoms with Crippen molar-refractivity contribution in [2.24, 2.45) is 5.92 Å². The molecule has 2 rings (SSSR count). The van der Waals surface area contributed by atoms with Gasteiger partial charge in [-0.2, -0.15) is 0 Å². The highest BCUT2D eigenvalue weighted by Crippen LogP contribution is 2.42. The summed E-state index contributed by atoms with van der Waals surface area (Å²) in [4.78, 5) is 0.391. The van der Waals surface area contributed by atoms with Crippen LogP contribution in [-0.4, -0.2) is 6.61 Å². The van der Waals surface area contributed by atoms with Crippen LogP contribution in [0.3, 0.4) is 0 Å². The second-order valence-electron chi connectivity index (χ2n) is 4.80. The number of rotatable bonds is 4. The van der Waals surface area contributed by atoms with E-state index in [0.717, 1.165) is 35.6 Å². The van der Waals surface area contributed by atoms with Gasteiger partial charge < -0.3 is 4.74 Å². The van der Waals surface area contributed by atoms with Crippen molar-refractivity contribution in [1.82, 2.24) is 0 Å². The molecule has 2 unspecified atom stereocenters. The molecule has 2 atom stereocenters. The summed E-state index contributed by atoms with van der Waals surface area (Å²) in [5.74, 6) is 1.84. The van der Waals surface area contributed by atoms with E-state index in [1.807, 2.05) is 0 Å². The molecule has 0 aromatic heterocycles. The van der Waals surface area contributed by atoms with E-state index in [-0.39, 0.29) is 0 Å². The van der Waals surface area contributed by atoms with E-state index in [2.05, 4.69) is 57.8 Å². The number of alkyl halides is 1. The molecule has 0 saturated carbocycles. The van der Waals surface area contributed by atoms with E-state index >= 15 is 0 Å². The van der Waals surface area contributed by atoms with Crippen molar-refractivity contribution in [3.05, 3.63) is 27.7 Å². The van der Waals surface area contributed by atoms with Gasteiger partial charge in [0.2, 0.25) is 0 Å². The molecule has 1 heterocycles. The summed E-state index contributed by atoms with van der Waals surface area (Å²) in [5.41, 5.74) is 2.63. The standard InChI is InChI=1S/C14H18Br2O/c1-3-9(2)6-13(16)12-8-11(15)7-10-4-5-17-14(10)12/h7-9,13H,3-6H2,1-2H3. The third-order valence-corrected chi connectivity index (χ3v) is 4.75. The Kier molecular flexibility index (Phi) is 4.53. The van der Waals surface area contributed by atoms with Gasteiger partial charge in [0.05, 0.1) is 6.61 Å². The fourth-order valence-electron chi connectivity index (χ4n) is 2.18. The predicted molar refractivity (Wildman–Crippen MR) is 79.1 cm³/mol. The number of fused-ring (bicyclic) bond motifs is 1. The molecule has 1 aromatic rings. The first-order chi connectivity index (χ1) is 8.11. The Balaban J connectivity index is 2.25. The van der Waals surface area contributed by atoms with E-state index in [9.17, 15) is 0 Å². The molecule has 0 bridgehead atoms. The van der Waals surface area contributed by atoms with Crippen molar-refractivity contribution in [2.45, 2.75) is 37.9 Å². The van der Waals surface area contributed by atoms with Gasteiger partial charge in [0, 0.05) is 21.3 Å². The van der Waals surface area contributed by atoms with Gasteiger partial charge >= 0.3 is 0 Å². The first-order valence-corrected chi connectivity index (χ1v) is 7.91. The Labute approximate surface area is 120 Å². The van der Waals surface area contributed by atoms with Gasteiger partial charge in [0.15, 0.2) is 0 Å². The van der Waals surface area contributed by atoms with Crippen LogP contribution in [0.4, 0.5) is 0 Å². The van der Waals surface area contributed by atoms with E-state index in [1.54, 1.807) is 0 Å². The Morgan fingerprint density at radius 3 is 2.88 bits per heavy atom. The molecule has 17 heavy (non-hydrogen) atoms. The van der Waals surface area contributed by atoms with Gasteiger partial charge in [-0.3, -0.25) is 0 Å². The third kappa shape index (κ3) is 3.05. The highest BCUT2D eigenvalue weighted by molar-refractivity contribution is 9.10. The summed E-state index contributed by atoms with van der Waals surface area (Å²) in [6, 6.07) is 4.36. The highest BCUT2D eigenvalue weighted by atomic mass is 79.9. The van der Waals surface area contributed by atoms with Gasteiger partial charge in [0.1, 0.15) is 5.75 Å². The lowest BCUT2D eigenvalue weighted by atomic mass is 9.97. The number of ether oxygens (including phenoxy) is 1. The molecule has 1 aliphatic heterocycles. The van der Waals surface area contributed by atoms with E-state index < -0.39 is 0 Å². The number of hydrogen-bond acceptors (Lipinski definition) is 1. The average molecular weight is 362 g/mol. The molecule has 1 aliphatic rings. The SMILES string of the molecule is CCC(C)CC(Br)c1cc(Br)cc2c1OCC2. The molecule has 1 aromatic carbocycles. The smallest absolute Gasteiger partial charge is 0.127 e. The molecule has 0 N–H and O–H groups in total. The largest absolute Gasteiger partial charge is 0.493 e. The van der Waals surface area contributed by atoms with Gasteiger partial charge in [-0.15, -0.1) is 0 Å². The molecule has 0 fully saturated rings. The molecule has 3 heteroatoms. The Bertz CT molecular complexity index is 403. The summed E-state index contributed by atoms with van der Waals surface area (Å²) in [6.45, 7) is 5.36. The molecular formula is C14H18Br2O. The number of benzene rings is 1. The Morgan fingerprint density at radius 1 is 1.41 bits per heavy atom. The lowest BCUT2D eigenvalue weighted by Gasteiger charge is -2.17. The molecule has 0 radical (unpaired) electrons. The molecule has 0 amide bonds. The maximum absolute atomic E-state index is 5.77. The van der Waals surface area contributed by atoms with Crippen LogP contribution in [0.5, 0.6) is 5.75 Å². The van der Waals surface area contributed by atoms with E-state index in [1.165, 1.54) is 17.5 Å². The minimum atomic E-state index is 0.391. The van der Waals surface area contributed by atoms with Crippen LogP contribution in [-0.2, 0) is 6.42 Å². The van der Waals surface area contributed by atoms with Crippen LogP contribution in [0.25, 0.3) is 0 Å². The van der Waals surface area contributed by atoms with Crippen molar-refractivity contribution < 1.29 is 4.74 Å². The summed E-state index contributed by atoms with van der Waals surface area (Å²) in [5, 5.41) is 0. The average Bonchev–Trinajstić information content (AvgIpc) is 2.75. The van der Waals surface area contributed by atoms with E-state index in [0.29, 0.717) is 4.83 Å². The summed E-state index contributed by atoms with van der Waals surface area (Å²) in [6.07, 6.45) is 3.41. The van der Waals surface area contributed by atoms with Crippen molar-refractivity contribution in [3.8, 4) is 5.75 Å². The Morgan fingerprint density at radius 2 is 2.18 bits per heavy atom. The zero-order valence-corrected chi connectivity index (χ0v) is 13.5. The second kappa shape index (κ2) is 5.75. The first kappa shape index (κ1) is 13.4. The second-order valence-corrected chi connectivity index (χ2v) is 6.82. The maximum atomic E-state index is 5.77. The number of halogens is 2. The van der Waals surface area contributed by atoms with Gasteiger partial charge in [0.25, 0.3) is 0 Å². The maximum Gasteiger partial charge on any atom is 0.127 e. The quantitative estimate of drug-likeness (QED) is 0.665. The fraction of sp³-hybridized carbons (Fsp3) is 0.571. The lowest BCUT2D eigenvalue weighted by Crippen LogP contribution is -2.01.